The van der Waals surface area contributed by atoms with E-state index < -0.39 is 0 Å². The van der Waals surface area contributed by atoms with Gasteiger partial charge in [0.05, 0.1) is 5.60 Å². The molecular weight excluding hydrogens is 174 g/mol. The Labute approximate surface area is 86.1 Å². The first-order chi connectivity index (χ1) is 6.58. The molecule has 3 atom stereocenters. The van der Waals surface area contributed by atoms with Gasteiger partial charge in [-0.3, -0.25) is 0 Å². The second kappa shape index (κ2) is 2.53. The molecule has 2 aliphatic carbocycles. The fourth-order valence-corrected chi connectivity index (χ4v) is 4.10. The molecule has 3 fully saturated rings. The lowest BCUT2D eigenvalue weighted by Gasteiger charge is -2.67. The van der Waals surface area contributed by atoms with E-state index in [9.17, 15) is 5.11 Å². The third kappa shape index (κ3) is 0.849. The van der Waals surface area contributed by atoms with Crippen LogP contribution in [0.25, 0.3) is 0 Å². The van der Waals surface area contributed by atoms with Crippen LogP contribution in [0.5, 0.6) is 0 Å². The Morgan fingerprint density at radius 1 is 1.21 bits per heavy atom. The molecule has 1 heterocycles. The van der Waals surface area contributed by atoms with E-state index in [-0.39, 0.29) is 11.0 Å². The van der Waals surface area contributed by atoms with E-state index in [1.165, 1.54) is 25.7 Å². The van der Waals surface area contributed by atoms with E-state index in [4.69, 9.17) is 0 Å². The quantitative estimate of drug-likeness (QED) is 0.665. The topological polar surface area (TPSA) is 32.3 Å². The predicted octanol–water partition coefficient (Wildman–Crippen LogP) is 1.54. The van der Waals surface area contributed by atoms with Crippen molar-refractivity contribution in [2.24, 2.45) is 17.3 Å². The molecule has 0 aromatic carbocycles. The van der Waals surface area contributed by atoms with Gasteiger partial charge in [0.2, 0.25) is 0 Å². The van der Waals surface area contributed by atoms with Crippen molar-refractivity contribution in [3.8, 4) is 0 Å². The van der Waals surface area contributed by atoms with Gasteiger partial charge in [-0.05, 0) is 38.1 Å². The summed E-state index contributed by atoms with van der Waals surface area (Å²) >= 11 is 0. The molecule has 3 unspecified atom stereocenters. The van der Waals surface area contributed by atoms with E-state index in [2.05, 4.69) is 19.2 Å². The van der Waals surface area contributed by atoms with Crippen LogP contribution < -0.4 is 5.32 Å². The monoisotopic (exact) mass is 195 g/mol. The van der Waals surface area contributed by atoms with Crippen LogP contribution in [-0.4, -0.2) is 23.3 Å². The zero-order valence-electron chi connectivity index (χ0n) is 9.21. The van der Waals surface area contributed by atoms with Crippen molar-refractivity contribution < 1.29 is 5.11 Å². The summed E-state index contributed by atoms with van der Waals surface area (Å²) in [6.45, 7) is 5.63. The van der Waals surface area contributed by atoms with Crippen LogP contribution in [0.3, 0.4) is 0 Å². The van der Waals surface area contributed by atoms with E-state index in [1.807, 2.05) is 0 Å². The Morgan fingerprint density at radius 3 is 2.57 bits per heavy atom. The molecule has 0 aromatic heterocycles. The Kier molecular flexibility index (Phi) is 1.66. The first-order valence-electron chi connectivity index (χ1n) is 6.04. The molecule has 3 aliphatic rings. The van der Waals surface area contributed by atoms with E-state index >= 15 is 0 Å². The minimum atomic E-state index is -0.342. The van der Waals surface area contributed by atoms with Crippen LogP contribution in [0.2, 0.25) is 0 Å². The van der Waals surface area contributed by atoms with Gasteiger partial charge in [0.15, 0.2) is 0 Å². The molecule has 2 heteroatoms. The Balaban J connectivity index is 1.90. The van der Waals surface area contributed by atoms with Crippen LogP contribution >= 0.6 is 0 Å². The fourth-order valence-electron chi connectivity index (χ4n) is 4.10. The van der Waals surface area contributed by atoms with Crippen molar-refractivity contribution in [2.75, 3.05) is 6.54 Å². The molecule has 2 saturated carbocycles. The third-order valence-corrected chi connectivity index (χ3v) is 5.03. The molecule has 0 aromatic rings. The fraction of sp³-hybridized carbons (Fsp3) is 1.00. The molecule has 3 rings (SSSR count). The highest BCUT2D eigenvalue weighted by atomic mass is 16.3. The predicted molar refractivity (Wildman–Crippen MR) is 56.0 cm³/mol. The molecule has 2 N–H and O–H groups in total. The van der Waals surface area contributed by atoms with Gasteiger partial charge >= 0.3 is 0 Å². The van der Waals surface area contributed by atoms with Gasteiger partial charge in [0, 0.05) is 17.4 Å². The lowest BCUT2D eigenvalue weighted by molar-refractivity contribution is -0.246. The van der Waals surface area contributed by atoms with Crippen LogP contribution in [-0.2, 0) is 0 Å². The van der Waals surface area contributed by atoms with Gasteiger partial charge in [0.25, 0.3) is 0 Å². The number of nitrogens with one attached hydrogen (secondary N) is 1. The van der Waals surface area contributed by atoms with Gasteiger partial charge in [-0.1, -0.05) is 13.8 Å². The minimum Gasteiger partial charge on any atom is -0.389 e. The normalized spacial score (nSPS) is 50.8. The van der Waals surface area contributed by atoms with Crippen molar-refractivity contribution in [3.05, 3.63) is 0 Å². The molecule has 0 bridgehead atoms. The highest BCUT2D eigenvalue weighted by Crippen LogP contribution is 2.64. The summed E-state index contributed by atoms with van der Waals surface area (Å²) in [5.74, 6) is 1.15. The summed E-state index contributed by atoms with van der Waals surface area (Å²) in [7, 11) is 0. The first-order valence-corrected chi connectivity index (χ1v) is 6.04. The maximum absolute atomic E-state index is 10.8. The van der Waals surface area contributed by atoms with Crippen molar-refractivity contribution in [1.82, 2.24) is 5.32 Å². The summed E-state index contributed by atoms with van der Waals surface area (Å²) in [4.78, 5) is 0. The number of piperidine rings is 1. The third-order valence-electron chi connectivity index (χ3n) is 5.03. The van der Waals surface area contributed by atoms with Crippen LogP contribution in [0.15, 0.2) is 0 Å². The smallest absolute Gasteiger partial charge is 0.0784 e. The van der Waals surface area contributed by atoms with Crippen LogP contribution in [0, 0.1) is 17.3 Å². The summed E-state index contributed by atoms with van der Waals surface area (Å²) in [5, 5.41) is 14.4. The van der Waals surface area contributed by atoms with Gasteiger partial charge in [-0.2, -0.15) is 0 Å². The average molecular weight is 195 g/mol. The molecule has 1 saturated heterocycles. The zero-order chi connectivity index (χ0) is 9.97. The molecule has 0 amide bonds. The van der Waals surface area contributed by atoms with Crippen LogP contribution in [0.4, 0.5) is 0 Å². The number of aliphatic hydroxyl groups is 1. The maximum atomic E-state index is 10.8. The summed E-state index contributed by atoms with van der Waals surface area (Å²) in [5.41, 5.74) is -0.246. The molecule has 0 radical (unpaired) electrons. The lowest BCUT2D eigenvalue weighted by atomic mass is 9.45. The Bertz CT molecular complexity index is 259. The summed E-state index contributed by atoms with van der Waals surface area (Å²) < 4.78 is 0. The van der Waals surface area contributed by atoms with E-state index in [1.54, 1.807) is 0 Å². The van der Waals surface area contributed by atoms with Crippen molar-refractivity contribution in [3.63, 3.8) is 0 Å². The maximum Gasteiger partial charge on any atom is 0.0784 e. The SMILES string of the molecule is CC1(C)C2NCCCC2C1(O)C1CC1. The highest BCUT2D eigenvalue weighted by Gasteiger charge is 2.71. The molecule has 14 heavy (non-hydrogen) atoms. The molecule has 2 nitrogen and oxygen atoms in total. The van der Waals surface area contributed by atoms with Crippen molar-refractivity contribution >= 4 is 0 Å². The second-order valence-electron chi connectivity index (χ2n) is 6.00. The number of rotatable bonds is 1. The number of hydrogen-bond donors (Lipinski definition) is 2. The van der Waals surface area contributed by atoms with Gasteiger partial charge in [-0.25, -0.2) is 0 Å². The number of hydrogen-bond acceptors (Lipinski definition) is 2. The van der Waals surface area contributed by atoms with Gasteiger partial charge < -0.3 is 10.4 Å². The minimum absolute atomic E-state index is 0.0965. The largest absolute Gasteiger partial charge is 0.389 e. The van der Waals surface area contributed by atoms with Gasteiger partial charge in [-0.15, -0.1) is 0 Å². The summed E-state index contributed by atoms with van der Waals surface area (Å²) in [6.07, 6.45) is 4.98. The Hall–Kier alpha value is -0.0800. The van der Waals surface area contributed by atoms with Crippen molar-refractivity contribution in [1.29, 1.82) is 0 Å². The zero-order valence-corrected chi connectivity index (χ0v) is 9.21. The van der Waals surface area contributed by atoms with Gasteiger partial charge in [0.1, 0.15) is 0 Å². The van der Waals surface area contributed by atoms with E-state index in [0.717, 1.165) is 6.54 Å². The molecule has 1 aliphatic heterocycles. The lowest BCUT2D eigenvalue weighted by Crippen LogP contribution is -2.77. The van der Waals surface area contributed by atoms with E-state index in [0.29, 0.717) is 17.9 Å². The van der Waals surface area contributed by atoms with Crippen LogP contribution in [0.1, 0.15) is 39.5 Å². The molecule has 80 valence electrons. The Morgan fingerprint density at radius 2 is 1.93 bits per heavy atom. The molecule has 0 spiro atoms. The first kappa shape index (κ1) is 9.17. The summed E-state index contributed by atoms with van der Waals surface area (Å²) in [6, 6.07) is 0.571. The second-order valence-corrected chi connectivity index (χ2v) is 6.00. The number of fused-ring (bicyclic) bond motifs is 1. The molecular formula is C12H21NO. The van der Waals surface area contributed by atoms with Crippen molar-refractivity contribution in [2.45, 2.75) is 51.2 Å². The average Bonchev–Trinajstić information content (AvgIpc) is 3.00. The highest BCUT2D eigenvalue weighted by molar-refractivity contribution is 5.23. The standard InChI is InChI=1S/C12H21NO/c1-11(2)10-9(4-3-7-13-10)12(11,14)8-5-6-8/h8-10,13-14H,3-7H2,1-2H3.